The van der Waals surface area contributed by atoms with E-state index in [1.165, 1.54) is 0 Å². The molecule has 5 heteroatoms. The molecule has 0 fully saturated rings. The zero-order valence-electron chi connectivity index (χ0n) is 15.5. The van der Waals surface area contributed by atoms with Crippen molar-refractivity contribution in [1.29, 1.82) is 0 Å². The molecule has 0 saturated carbocycles. The van der Waals surface area contributed by atoms with E-state index in [4.69, 9.17) is 9.47 Å². The van der Waals surface area contributed by atoms with Gasteiger partial charge < -0.3 is 18.9 Å². The fourth-order valence-electron chi connectivity index (χ4n) is 3.56. The SMILES string of the molecule is COc1ccc(CCN2Cc3cccn3-c3ccccc3C2=O)cc1OC. The van der Waals surface area contributed by atoms with Gasteiger partial charge in [0.2, 0.25) is 0 Å². The van der Waals surface area contributed by atoms with E-state index < -0.39 is 0 Å². The number of aromatic nitrogens is 1. The highest BCUT2D eigenvalue weighted by Gasteiger charge is 2.25. The number of carbonyl (C=O) groups is 1. The molecule has 0 radical (unpaired) electrons. The van der Waals surface area contributed by atoms with Crippen LogP contribution in [0, 0.1) is 0 Å². The Bertz CT molecular complexity index is 977. The minimum atomic E-state index is 0.0646. The molecule has 0 spiro atoms. The predicted molar refractivity (Wildman–Crippen MR) is 104 cm³/mol. The largest absolute Gasteiger partial charge is 0.493 e. The van der Waals surface area contributed by atoms with Gasteiger partial charge in [-0.1, -0.05) is 18.2 Å². The maximum absolute atomic E-state index is 13.1. The van der Waals surface area contributed by atoms with Gasteiger partial charge in [0.05, 0.1) is 32.0 Å². The lowest BCUT2D eigenvalue weighted by Crippen LogP contribution is -2.31. The van der Waals surface area contributed by atoms with Gasteiger partial charge in [-0.25, -0.2) is 0 Å². The molecule has 27 heavy (non-hydrogen) atoms. The van der Waals surface area contributed by atoms with Crippen LogP contribution in [-0.4, -0.2) is 36.1 Å². The number of hydrogen-bond acceptors (Lipinski definition) is 3. The number of methoxy groups -OCH3 is 2. The summed E-state index contributed by atoms with van der Waals surface area (Å²) in [6.45, 7) is 1.22. The highest BCUT2D eigenvalue weighted by molar-refractivity contribution is 5.98. The summed E-state index contributed by atoms with van der Waals surface area (Å²) in [6.07, 6.45) is 2.76. The van der Waals surface area contributed by atoms with E-state index in [2.05, 4.69) is 10.6 Å². The van der Waals surface area contributed by atoms with Crippen LogP contribution in [0.15, 0.2) is 60.8 Å². The summed E-state index contributed by atoms with van der Waals surface area (Å²) >= 11 is 0. The molecule has 0 bridgehead atoms. The molecule has 138 valence electrons. The first-order chi connectivity index (χ1) is 13.2. The van der Waals surface area contributed by atoms with Crippen LogP contribution in [0.25, 0.3) is 5.69 Å². The zero-order chi connectivity index (χ0) is 18.8. The second-order valence-electron chi connectivity index (χ2n) is 6.55. The van der Waals surface area contributed by atoms with Gasteiger partial charge in [-0.2, -0.15) is 0 Å². The molecule has 1 aliphatic heterocycles. The van der Waals surface area contributed by atoms with Crippen molar-refractivity contribution in [1.82, 2.24) is 9.47 Å². The smallest absolute Gasteiger partial charge is 0.256 e. The quantitative estimate of drug-likeness (QED) is 0.695. The number of rotatable bonds is 5. The minimum absolute atomic E-state index is 0.0646. The third-order valence-electron chi connectivity index (χ3n) is 4.99. The highest BCUT2D eigenvalue weighted by Crippen LogP contribution is 2.29. The highest BCUT2D eigenvalue weighted by atomic mass is 16.5. The standard InChI is InChI=1S/C22H22N2O3/c1-26-20-10-9-16(14-21(20)27-2)11-13-23-15-17-6-5-12-24(17)19-8-4-3-7-18(19)22(23)25/h3-10,12,14H,11,13,15H2,1-2H3. The Labute approximate surface area is 158 Å². The van der Waals surface area contributed by atoms with Crippen molar-refractivity contribution in [3.8, 4) is 17.2 Å². The lowest BCUT2D eigenvalue weighted by Gasteiger charge is -2.21. The minimum Gasteiger partial charge on any atom is -0.493 e. The summed E-state index contributed by atoms with van der Waals surface area (Å²) in [4.78, 5) is 15.0. The normalized spacial score (nSPS) is 13.0. The molecule has 2 aromatic carbocycles. The molecular formula is C22H22N2O3. The molecule has 3 aromatic rings. The lowest BCUT2D eigenvalue weighted by molar-refractivity contribution is 0.0748. The monoisotopic (exact) mass is 362 g/mol. The number of ether oxygens (including phenoxy) is 2. The molecule has 0 unspecified atom stereocenters. The molecule has 1 amide bonds. The Balaban J connectivity index is 1.59. The number of para-hydroxylation sites is 1. The van der Waals surface area contributed by atoms with Crippen molar-refractivity contribution in [2.45, 2.75) is 13.0 Å². The fourth-order valence-corrected chi connectivity index (χ4v) is 3.56. The molecule has 1 aliphatic rings. The molecular weight excluding hydrogens is 340 g/mol. The van der Waals surface area contributed by atoms with Gasteiger partial charge >= 0.3 is 0 Å². The van der Waals surface area contributed by atoms with Crippen molar-refractivity contribution in [3.05, 3.63) is 77.6 Å². The molecule has 0 aliphatic carbocycles. The van der Waals surface area contributed by atoms with Gasteiger partial charge in [0.25, 0.3) is 5.91 Å². The van der Waals surface area contributed by atoms with E-state index in [0.717, 1.165) is 28.9 Å². The van der Waals surface area contributed by atoms with Crippen LogP contribution >= 0.6 is 0 Å². The summed E-state index contributed by atoms with van der Waals surface area (Å²) in [5, 5.41) is 0. The molecule has 4 rings (SSSR count). The van der Waals surface area contributed by atoms with Gasteiger partial charge in [0.15, 0.2) is 11.5 Å². The second-order valence-corrected chi connectivity index (χ2v) is 6.55. The van der Waals surface area contributed by atoms with Gasteiger partial charge in [0.1, 0.15) is 0 Å². The molecule has 1 aromatic heterocycles. The third kappa shape index (κ3) is 3.16. The first-order valence-corrected chi connectivity index (χ1v) is 8.97. The van der Waals surface area contributed by atoms with Crippen LogP contribution in [-0.2, 0) is 13.0 Å². The number of fused-ring (bicyclic) bond motifs is 3. The van der Waals surface area contributed by atoms with Gasteiger partial charge in [-0.15, -0.1) is 0 Å². The van der Waals surface area contributed by atoms with Crippen LogP contribution in [0.5, 0.6) is 11.5 Å². The molecule has 2 heterocycles. The van der Waals surface area contributed by atoms with E-state index in [-0.39, 0.29) is 5.91 Å². The maximum atomic E-state index is 13.1. The van der Waals surface area contributed by atoms with Crippen LogP contribution in [0.1, 0.15) is 21.6 Å². The number of benzene rings is 2. The van der Waals surface area contributed by atoms with Crippen LogP contribution in [0.2, 0.25) is 0 Å². The first kappa shape index (κ1) is 17.2. The van der Waals surface area contributed by atoms with Gasteiger partial charge in [0, 0.05) is 18.4 Å². The summed E-state index contributed by atoms with van der Waals surface area (Å²) in [6, 6.07) is 17.8. The predicted octanol–water partition coefficient (Wildman–Crippen LogP) is 3.69. The van der Waals surface area contributed by atoms with Crippen LogP contribution < -0.4 is 9.47 Å². The lowest BCUT2D eigenvalue weighted by atomic mass is 10.1. The van der Waals surface area contributed by atoms with E-state index in [0.29, 0.717) is 24.6 Å². The number of nitrogens with zero attached hydrogens (tertiary/aromatic N) is 2. The van der Waals surface area contributed by atoms with Crippen LogP contribution in [0.3, 0.4) is 0 Å². The average Bonchev–Trinajstić information content (AvgIpc) is 3.14. The van der Waals surface area contributed by atoms with E-state index >= 15 is 0 Å². The number of carbonyl (C=O) groups excluding carboxylic acids is 1. The summed E-state index contributed by atoms with van der Waals surface area (Å²) in [5.74, 6) is 1.48. The summed E-state index contributed by atoms with van der Waals surface area (Å²) in [7, 11) is 3.25. The van der Waals surface area contributed by atoms with Crippen molar-refractivity contribution in [3.63, 3.8) is 0 Å². The first-order valence-electron chi connectivity index (χ1n) is 8.97. The van der Waals surface area contributed by atoms with Gasteiger partial charge in [-0.3, -0.25) is 4.79 Å². The zero-order valence-corrected chi connectivity index (χ0v) is 15.5. The molecule has 0 atom stereocenters. The van der Waals surface area contributed by atoms with Crippen molar-refractivity contribution >= 4 is 5.91 Å². The summed E-state index contributed by atoms with van der Waals surface area (Å²) < 4.78 is 12.8. The Kier molecular flexibility index (Phi) is 4.59. The summed E-state index contributed by atoms with van der Waals surface area (Å²) in [5.41, 5.74) is 3.89. The second kappa shape index (κ2) is 7.19. The Morgan fingerprint density at radius 2 is 1.78 bits per heavy atom. The van der Waals surface area contributed by atoms with E-state index in [1.807, 2.05) is 59.6 Å². The van der Waals surface area contributed by atoms with Crippen molar-refractivity contribution < 1.29 is 14.3 Å². The molecule has 0 N–H and O–H groups in total. The maximum Gasteiger partial charge on any atom is 0.256 e. The Morgan fingerprint density at radius 3 is 2.59 bits per heavy atom. The Morgan fingerprint density at radius 1 is 0.963 bits per heavy atom. The van der Waals surface area contributed by atoms with E-state index in [9.17, 15) is 4.79 Å². The topological polar surface area (TPSA) is 43.7 Å². The van der Waals surface area contributed by atoms with E-state index in [1.54, 1.807) is 14.2 Å². The van der Waals surface area contributed by atoms with Gasteiger partial charge in [-0.05, 0) is 48.4 Å². The average molecular weight is 362 g/mol. The Hall–Kier alpha value is -3.21. The van der Waals surface area contributed by atoms with Crippen LogP contribution in [0.4, 0.5) is 0 Å². The van der Waals surface area contributed by atoms with Crippen molar-refractivity contribution in [2.75, 3.05) is 20.8 Å². The third-order valence-corrected chi connectivity index (χ3v) is 4.99. The molecule has 5 nitrogen and oxygen atoms in total. The fraction of sp³-hybridized carbons (Fsp3) is 0.227. The number of hydrogen-bond donors (Lipinski definition) is 0. The molecule has 0 saturated heterocycles. The van der Waals surface area contributed by atoms with Crippen molar-refractivity contribution in [2.24, 2.45) is 0 Å². The number of amides is 1.